The number of amides is 1. The van der Waals surface area contributed by atoms with E-state index < -0.39 is 12.0 Å². The number of rotatable bonds is 7. The van der Waals surface area contributed by atoms with Crippen LogP contribution < -0.4 is 4.90 Å². The predicted molar refractivity (Wildman–Crippen MR) is 97.6 cm³/mol. The van der Waals surface area contributed by atoms with Crippen LogP contribution in [0.15, 0.2) is 30.3 Å². The van der Waals surface area contributed by atoms with Gasteiger partial charge in [-0.15, -0.1) is 0 Å². The molecule has 136 valence electrons. The van der Waals surface area contributed by atoms with E-state index in [0.29, 0.717) is 0 Å². The number of hydrogen-bond acceptors (Lipinski definition) is 3. The first-order valence-corrected chi connectivity index (χ1v) is 9.43. The van der Waals surface area contributed by atoms with Crippen molar-refractivity contribution in [1.82, 2.24) is 4.90 Å². The molecule has 25 heavy (non-hydrogen) atoms. The van der Waals surface area contributed by atoms with Crippen molar-refractivity contribution < 1.29 is 14.7 Å². The van der Waals surface area contributed by atoms with Crippen LogP contribution in [-0.4, -0.2) is 46.6 Å². The third-order valence-corrected chi connectivity index (χ3v) is 5.43. The van der Waals surface area contributed by atoms with E-state index in [4.69, 9.17) is 0 Å². The number of carboxylic acid groups (broad SMARTS) is 1. The Kier molecular flexibility index (Phi) is 5.74. The third-order valence-electron chi connectivity index (χ3n) is 5.43. The zero-order valence-electron chi connectivity index (χ0n) is 14.9. The van der Waals surface area contributed by atoms with E-state index in [1.54, 1.807) is 6.92 Å². The van der Waals surface area contributed by atoms with Crippen LogP contribution in [-0.2, 0) is 9.59 Å². The number of benzene rings is 1. The number of carbonyl (C=O) groups excluding carboxylic acids is 1. The highest BCUT2D eigenvalue weighted by Crippen LogP contribution is 2.31. The minimum atomic E-state index is -0.858. The Bertz CT molecular complexity index is 594. The van der Waals surface area contributed by atoms with Crippen molar-refractivity contribution in [2.45, 2.75) is 70.0 Å². The van der Waals surface area contributed by atoms with Gasteiger partial charge in [-0.1, -0.05) is 37.5 Å². The number of nitrogens with zero attached hydrogens (tertiary/aromatic N) is 2. The Balaban J connectivity index is 1.79. The summed E-state index contributed by atoms with van der Waals surface area (Å²) in [6.07, 6.45) is 7.56. The van der Waals surface area contributed by atoms with Crippen LogP contribution in [0, 0.1) is 0 Å². The van der Waals surface area contributed by atoms with E-state index >= 15 is 0 Å². The van der Waals surface area contributed by atoms with Crippen molar-refractivity contribution in [3.8, 4) is 0 Å². The second kappa shape index (κ2) is 8.00. The first-order valence-electron chi connectivity index (χ1n) is 9.43. The molecule has 1 amide bonds. The highest BCUT2D eigenvalue weighted by atomic mass is 16.4. The summed E-state index contributed by atoms with van der Waals surface area (Å²) in [4.78, 5) is 28.4. The van der Waals surface area contributed by atoms with Gasteiger partial charge in [0.05, 0.1) is 6.54 Å². The first-order chi connectivity index (χ1) is 12.1. The zero-order chi connectivity index (χ0) is 17.8. The average Bonchev–Trinajstić information content (AvgIpc) is 3.46. The fourth-order valence-corrected chi connectivity index (χ4v) is 3.85. The van der Waals surface area contributed by atoms with Gasteiger partial charge in [-0.3, -0.25) is 14.5 Å². The van der Waals surface area contributed by atoms with E-state index in [-0.39, 0.29) is 24.5 Å². The lowest BCUT2D eigenvalue weighted by atomic mass is 9.93. The van der Waals surface area contributed by atoms with Crippen LogP contribution in [0.1, 0.15) is 51.9 Å². The number of carboxylic acids is 1. The summed E-state index contributed by atoms with van der Waals surface area (Å²) in [6.45, 7) is 1.87. The van der Waals surface area contributed by atoms with Gasteiger partial charge in [0.25, 0.3) is 0 Å². The quantitative estimate of drug-likeness (QED) is 0.824. The largest absolute Gasteiger partial charge is 0.480 e. The summed E-state index contributed by atoms with van der Waals surface area (Å²) in [5.41, 5.74) is 0.929. The lowest BCUT2D eigenvalue weighted by molar-refractivity contribution is -0.143. The molecular formula is C20H28N2O3. The average molecular weight is 344 g/mol. The van der Waals surface area contributed by atoms with Gasteiger partial charge >= 0.3 is 5.97 Å². The molecule has 0 spiro atoms. The van der Waals surface area contributed by atoms with Gasteiger partial charge in [-0.05, 0) is 44.7 Å². The molecule has 0 saturated heterocycles. The highest BCUT2D eigenvalue weighted by molar-refractivity contribution is 5.95. The van der Waals surface area contributed by atoms with Gasteiger partial charge in [-0.2, -0.15) is 0 Å². The molecule has 1 N–H and O–H groups in total. The predicted octanol–water partition coefficient (Wildman–Crippen LogP) is 3.29. The number of hydrogen-bond donors (Lipinski definition) is 1. The van der Waals surface area contributed by atoms with Crippen molar-refractivity contribution in [2.75, 3.05) is 11.4 Å². The van der Waals surface area contributed by atoms with E-state index in [0.717, 1.165) is 44.2 Å². The summed E-state index contributed by atoms with van der Waals surface area (Å²) in [5.74, 6) is -0.832. The van der Waals surface area contributed by atoms with Crippen LogP contribution >= 0.6 is 0 Å². The fourth-order valence-electron chi connectivity index (χ4n) is 3.85. The lowest BCUT2D eigenvalue weighted by Crippen LogP contribution is -2.50. The molecule has 0 aromatic heterocycles. The SMILES string of the molecule is CC(C(=O)O)N(CC(=O)N(c1ccccc1)C1CCCCC1)C1CC1. The van der Waals surface area contributed by atoms with Crippen LogP contribution in [0.4, 0.5) is 5.69 Å². The van der Waals surface area contributed by atoms with E-state index in [9.17, 15) is 14.7 Å². The van der Waals surface area contributed by atoms with Crippen molar-refractivity contribution in [3.63, 3.8) is 0 Å². The Hall–Kier alpha value is -1.88. The third kappa shape index (κ3) is 4.40. The van der Waals surface area contributed by atoms with Gasteiger partial charge < -0.3 is 10.0 Å². The normalized spacial score (nSPS) is 19.6. The second-order valence-electron chi connectivity index (χ2n) is 7.31. The Morgan fingerprint density at radius 3 is 2.24 bits per heavy atom. The number of aliphatic carboxylic acids is 1. The van der Waals surface area contributed by atoms with E-state index in [1.165, 1.54) is 6.42 Å². The maximum Gasteiger partial charge on any atom is 0.320 e. The maximum atomic E-state index is 13.2. The molecule has 1 aromatic rings. The molecule has 2 aliphatic carbocycles. The monoisotopic (exact) mass is 344 g/mol. The summed E-state index contributed by atoms with van der Waals surface area (Å²) in [7, 11) is 0. The maximum absolute atomic E-state index is 13.2. The van der Waals surface area contributed by atoms with Crippen molar-refractivity contribution in [2.24, 2.45) is 0 Å². The van der Waals surface area contributed by atoms with Gasteiger partial charge in [0.15, 0.2) is 0 Å². The van der Waals surface area contributed by atoms with Gasteiger partial charge in [0.1, 0.15) is 6.04 Å². The van der Waals surface area contributed by atoms with Gasteiger partial charge in [0.2, 0.25) is 5.91 Å². The molecule has 0 heterocycles. The molecule has 1 aromatic carbocycles. The van der Waals surface area contributed by atoms with Crippen molar-refractivity contribution >= 4 is 17.6 Å². The van der Waals surface area contributed by atoms with Crippen molar-refractivity contribution in [1.29, 1.82) is 0 Å². The van der Waals surface area contributed by atoms with Crippen LogP contribution in [0.5, 0.6) is 0 Å². The molecule has 3 rings (SSSR count). The number of carbonyl (C=O) groups is 2. The van der Waals surface area contributed by atoms with E-state index in [1.807, 2.05) is 40.1 Å². The molecule has 2 saturated carbocycles. The zero-order valence-corrected chi connectivity index (χ0v) is 14.9. The summed E-state index contributed by atoms with van der Waals surface area (Å²) in [5, 5.41) is 9.38. The number of anilines is 1. The first kappa shape index (κ1) is 17.9. The van der Waals surface area contributed by atoms with Crippen LogP contribution in [0.3, 0.4) is 0 Å². The molecule has 0 aliphatic heterocycles. The molecule has 5 heteroatoms. The summed E-state index contributed by atoms with van der Waals surface area (Å²) in [6, 6.07) is 9.66. The van der Waals surface area contributed by atoms with Crippen molar-refractivity contribution in [3.05, 3.63) is 30.3 Å². The molecule has 2 aliphatic rings. The highest BCUT2D eigenvalue weighted by Gasteiger charge is 2.38. The van der Waals surface area contributed by atoms with Gasteiger partial charge in [-0.25, -0.2) is 0 Å². The van der Waals surface area contributed by atoms with Crippen LogP contribution in [0.2, 0.25) is 0 Å². The summed E-state index contributed by atoms with van der Waals surface area (Å²) < 4.78 is 0. The molecule has 1 unspecified atom stereocenters. The topological polar surface area (TPSA) is 60.9 Å². The van der Waals surface area contributed by atoms with Gasteiger partial charge in [0, 0.05) is 17.8 Å². The van der Waals surface area contributed by atoms with Crippen LogP contribution in [0.25, 0.3) is 0 Å². The minimum absolute atomic E-state index is 0.0260. The molecule has 5 nitrogen and oxygen atoms in total. The Labute approximate surface area is 149 Å². The smallest absolute Gasteiger partial charge is 0.320 e. The molecule has 1 atom stereocenters. The fraction of sp³-hybridized carbons (Fsp3) is 0.600. The lowest BCUT2D eigenvalue weighted by Gasteiger charge is -2.36. The molecule has 2 fully saturated rings. The molecule has 0 radical (unpaired) electrons. The summed E-state index contributed by atoms with van der Waals surface area (Å²) >= 11 is 0. The number of para-hydroxylation sites is 1. The Morgan fingerprint density at radius 2 is 1.68 bits per heavy atom. The molecular weight excluding hydrogens is 316 g/mol. The second-order valence-corrected chi connectivity index (χ2v) is 7.31. The van der Waals surface area contributed by atoms with E-state index in [2.05, 4.69) is 0 Å². The Morgan fingerprint density at radius 1 is 1.04 bits per heavy atom. The standard InChI is InChI=1S/C20H28N2O3/c1-15(20(24)25)21(16-12-13-16)14-19(23)22(17-8-4-2-5-9-17)18-10-6-3-7-11-18/h2,4-5,8-9,15-16,18H,3,6-7,10-14H2,1H3,(H,24,25). The molecule has 0 bridgehead atoms. The minimum Gasteiger partial charge on any atom is -0.480 e.